The number of carboxylic acid groups (broad SMARTS) is 1. The third-order valence-electron chi connectivity index (χ3n) is 4.55. The van der Waals surface area contributed by atoms with E-state index in [1.807, 2.05) is 5.43 Å². The van der Waals surface area contributed by atoms with Crippen LogP contribution >= 0.6 is 11.8 Å². The van der Waals surface area contributed by atoms with Crippen molar-refractivity contribution in [2.24, 2.45) is 5.84 Å². The molecule has 1 saturated heterocycles. The predicted molar refractivity (Wildman–Crippen MR) is 100 cm³/mol. The second kappa shape index (κ2) is 8.20. The molecule has 0 saturated carbocycles. The monoisotopic (exact) mass is 438 g/mol. The average molecular weight is 438 g/mol. The molecular weight excluding hydrogens is 420 g/mol. The summed E-state index contributed by atoms with van der Waals surface area (Å²) in [4.78, 5) is 61.7. The summed E-state index contributed by atoms with van der Waals surface area (Å²) in [5.41, 5.74) is -0.433. The number of nitrogens with zero attached hydrogens (tertiary/aromatic N) is 1. The number of β-lactam (4-membered cyclic amide) rings is 1. The summed E-state index contributed by atoms with van der Waals surface area (Å²) >= 11 is 1.04. The number of aliphatic carboxylic acids is 1. The Labute approximate surface area is 173 Å². The van der Waals surface area contributed by atoms with E-state index in [1.54, 1.807) is 12.1 Å². The van der Waals surface area contributed by atoms with Crippen LogP contribution in [-0.4, -0.2) is 62.9 Å². The van der Waals surface area contributed by atoms with Gasteiger partial charge in [0.15, 0.2) is 0 Å². The van der Waals surface area contributed by atoms with Gasteiger partial charge in [0.2, 0.25) is 11.4 Å². The number of rotatable bonds is 7. The van der Waals surface area contributed by atoms with Crippen LogP contribution in [0.3, 0.4) is 0 Å². The molecule has 2 aliphatic rings. The molecule has 160 valence electrons. The molecule has 0 spiro atoms. The maximum Gasteiger partial charge on any atom is 0.352 e. The summed E-state index contributed by atoms with van der Waals surface area (Å²) in [7, 11) is 0. The minimum atomic E-state index is -2.09. The van der Waals surface area contributed by atoms with Gasteiger partial charge in [-0.05, 0) is 12.1 Å². The zero-order chi connectivity index (χ0) is 22.1. The zero-order valence-electron chi connectivity index (χ0n) is 15.7. The van der Waals surface area contributed by atoms with Gasteiger partial charge in [0, 0.05) is 18.2 Å². The van der Waals surface area contributed by atoms with Crippen LogP contribution in [0.4, 0.5) is 0 Å². The topological polar surface area (TPSA) is 181 Å². The van der Waals surface area contributed by atoms with Crippen LogP contribution in [0.2, 0.25) is 0 Å². The normalized spacial score (nSPS) is 22.7. The number of amides is 3. The second-order valence-electron chi connectivity index (χ2n) is 6.46. The molecular formula is C17H18N4O8S. The molecule has 0 radical (unpaired) electrons. The average Bonchev–Trinajstić information content (AvgIpc) is 3.21. The molecule has 1 aromatic heterocycles. The number of fused-ring (bicyclic) bond motifs is 1. The van der Waals surface area contributed by atoms with Gasteiger partial charge in [-0.15, -0.1) is 11.8 Å². The van der Waals surface area contributed by atoms with Gasteiger partial charge in [-0.1, -0.05) is 0 Å². The van der Waals surface area contributed by atoms with E-state index in [0.29, 0.717) is 5.76 Å². The van der Waals surface area contributed by atoms with Gasteiger partial charge in [-0.25, -0.2) is 10.6 Å². The van der Waals surface area contributed by atoms with Crippen molar-refractivity contribution in [3.05, 3.63) is 35.4 Å². The first-order valence-electron chi connectivity index (χ1n) is 8.60. The summed E-state index contributed by atoms with van der Waals surface area (Å²) in [5, 5.41) is 10.9. The number of carbonyl (C=O) groups is 5. The van der Waals surface area contributed by atoms with Crippen molar-refractivity contribution in [2.75, 3.05) is 12.4 Å². The molecule has 3 heterocycles. The molecule has 5 N–H and O–H groups in total. The van der Waals surface area contributed by atoms with E-state index in [2.05, 4.69) is 5.32 Å². The number of carbonyl (C=O) groups excluding carboxylic acids is 4. The lowest BCUT2D eigenvalue weighted by Crippen LogP contribution is -2.85. The molecule has 3 amide bonds. The van der Waals surface area contributed by atoms with Crippen molar-refractivity contribution in [1.82, 2.24) is 15.6 Å². The minimum Gasteiger partial charge on any atom is -0.477 e. The van der Waals surface area contributed by atoms with E-state index in [4.69, 9.17) is 15.0 Å². The maximum absolute atomic E-state index is 13.0. The highest BCUT2D eigenvalue weighted by atomic mass is 32.2. The Bertz CT molecular complexity index is 944. The van der Waals surface area contributed by atoms with Crippen LogP contribution in [0.15, 0.2) is 34.1 Å². The Hall–Kier alpha value is -3.32. The molecule has 1 fully saturated rings. The van der Waals surface area contributed by atoms with E-state index < -0.39 is 46.3 Å². The number of furan rings is 1. The number of ether oxygens (including phenoxy) is 1. The molecule has 12 nitrogen and oxygen atoms in total. The Kier molecular flexibility index (Phi) is 5.85. The van der Waals surface area contributed by atoms with Gasteiger partial charge in [-0.2, -0.15) is 0 Å². The first-order chi connectivity index (χ1) is 14.2. The third kappa shape index (κ3) is 3.52. The lowest BCUT2D eigenvalue weighted by molar-refractivity contribution is -0.165. The Morgan fingerprint density at radius 1 is 1.43 bits per heavy atom. The fourth-order valence-electron chi connectivity index (χ4n) is 3.25. The molecule has 0 aromatic carbocycles. The number of hydrogen-bond acceptors (Lipinski definition) is 9. The first kappa shape index (κ1) is 21.4. The molecule has 1 aromatic rings. The number of carboxylic acids is 1. The quantitative estimate of drug-likeness (QED) is 0.0975. The molecule has 2 aliphatic heterocycles. The standard InChI is InChI=1S/C17H18N4O8S/c1-8(22)29-6-9-7-30-16-17(14(26)20-18,15(27)21(16)12(9)13(24)25)19-11(23)5-10-3-2-4-28-10/h2-4,16H,5-7,18H2,1H3,(H,19,23)(H,20,26)(H,24,25)/t16-,17-/m1/s1. The number of hydrogen-bond donors (Lipinski definition) is 4. The molecule has 0 unspecified atom stereocenters. The van der Waals surface area contributed by atoms with Gasteiger partial charge in [0.1, 0.15) is 23.4 Å². The van der Waals surface area contributed by atoms with E-state index in [1.165, 1.54) is 13.2 Å². The van der Waals surface area contributed by atoms with Crippen LogP contribution < -0.4 is 16.6 Å². The number of nitrogens with one attached hydrogen (secondary N) is 2. The predicted octanol–water partition coefficient (Wildman–Crippen LogP) is -1.52. The fraction of sp³-hybridized carbons (Fsp3) is 0.353. The number of esters is 1. The maximum atomic E-state index is 13.0. The second-order valence-corrected chi connectivity index (χ2v) is 7.53. The van der Waals surface area contributed by atoms with Crippen LogP contribution in [-0.2, 0) is 35.1 Å². The Balaban J connectivity index is 1.90. The highest BCUT2D eigenvalue weighted by Gasteiger charge is 2.69. The van der Waals surface area contributed by atoms with Gasteiger partial charge in [-0.3, -0.25) is 29.5 Å². The lowest BCUT2D eigenvalue weighted by atomic mass is 9.85. The minimum absolute atomic E-state index is 0.0526. The van der Waals surface area contributed by atoms with Crippen LogP contribution in [0, 0.1) is 0 Å². The van der Waals surface area contributed by atoms with Gasteiger partial charge in [0.25, 0.3) is 11.8 Å². The smallest absolute Gasteiger partial charge is 0.352 e. The van der Waals surface area contributed by atoms with Gasteiger partial charge in [0.05, 0.1) is 12.7 Å². The molecule has 0 bridgehead atoms. The lowest BCUT2D eigenvalue weighted by Gasteiger charge is -2.55. The highest BCUT2D eigenvalue weighted by molar-refractivity contribution is 8.00. The molecule has 30 heavy (non-hydrogen) atoms. The third-order valence-corrected chi connectivity index (χ3v) is 5.94. The summed E-state index contributed by atoms with van der Waals surface area (Å²) in [5.74, 6) is 0.914. The van der Waals surface area contributed by atoms with E-state index in [-0.39, 0.29) is 24.4 Å². The molecule has 0 aliphatic carbocycles. The summed E-state index contributed by atoms with van der Waals surface area (Å²) in [6, 6.07) is 3.12. The molecule has 3 rings (SSSR count). The number of nitrogens with two attached hydrogens (primary N) is 1. The van der Waals surface area contributed by atoms with E-state index in [0.717, 1.165) is 16.7 Å². The number of hydrazine groups is 1. The number of thioether (sulfide) groups is 1. The summed E-state index contributed by atoms with van der Waals surface area (Å²) < 4.78 is 9.94. The van der Waals surface area contributed by atoms with Crippen molar-refractivity contribution < 1.29 is 38.2 Å². The van der Waals surface area contributed by atoms with Crippen molar-refractivity contribution in [3.63, 3.8) is 0 Å². The van der Waals surface area contributed by atoms with E-state index in [9.17, 15) is 29.1 Å². The van der Waals surface area contributed by atoms with Crippen molar-refractivity contribution in [3.8, 4) is 0 Å². The van der Waals surface area contributed by atoms with Crippen molar-refractivity contribution >= 4 is 41.4 Å². The van der Waals surface area contributed by atoms with Crippen LogP contribution in [0.25, 0.3) is 0 Å². The summed E-state index contributed by atoms with van der Waals surface area (Å²) in [6.07, 6.45) is 1.13. The summed E-state index contributed by atoms with van der Waals surface area (Å²) in [6.45, 7) is 0.848. The Morgan fingerprint density at radius 3 is 2.73 bits per heavy atom. The Morgan fingerprint density at radius 2 is 2.17 bits per heavy atom. The molecule has 2 atom stereocenters. The van der Waals surface area contributed by atoms with E-state index >= 15 is 0 Å². The SMILES string of the molecule is CC(=O)OCC1=C(C(=O)O)N2C(=O)[C@](NC(=O)Cc3ccco3)(C(=O)NN)[C@H]2SC1. The largest absolute Gasteiger partial charge is 0.477 e. The fourth-order valence-corrected chi connectivity index (χ4v) is 4.70. The van der Waals surface area contributed by atoms with Crippen molar-refractivity contribution in [1.29, 1.82) is 0 Å². The van der Waals surface area contributed by atoms with Crippen LogP contribution in [0.1, 0.15) is 12.7 Å². The van der Waals surface area contributed by atoms with Gasteiger partial charge >= 0.3 is 11.9 Å². The first-order valence-corrected chi connectivity index (χ1v) is 9.65. The zero-order valence-corrected chi connectivity index (χ0v) is 16.5. The highest BCUT2D eigenvalue weighted by Crippen LogP contribution is 2.46. The molecule has 13 heteroatoms. The van der Waals surface area contributed by atoms with Crippen LogP contribution in [0.5, 0.6) is 0 Å². The van der Waals surface area contributed by atoms with Crippen molar-refractivity contribution in [2.45, 2.75) is 24.3 Å². The van der Waals surface area contributed by atoms with Gasteiger partial charge < -0.3 is 19.6 Å².